The van der Waals surface area contributed by atoms with Crippen LogP contribution in [-0.4, -0.2) is 42.4 Å². The third-order valence-corrected chi connectivity index (χ3v) is 6.67. The second-order valence-electron chi connectivity index (χ2n) is 7.42. The van der Waals surface area contributed by atoms with Gasteiger partial charge < -0.3 is 19.5 Å². The summed E-state index contributed by atoms with van der Waals surface area (Å²) in [6.45, 7) is 7.54. The second kappa shape index (κ2) is 11.4. The average Bonchev–Trinajstić information content (AvgIpc) is 3.04. The van der Waals surface area contributed by atoms with Gasteiger partial charge in [-0.1, -0.05) is 31.7 Å². The molecule has 168 valence electrons. The van der Waals surface area contributed by atoms with Crippen molar-refractivity contribution >= 4 is 35.0 Å². The van der Waals surface area contributed by atoms with Crippen LogP contribution in [0.4, 0.5) is 0 Å². The molecule has 0 aliphatic carbocycles. The number of ether oxygens (including phenoxy) is 3. The molecule has 0 radical (unpaired) electrons. The maximum Gasteiger partial charge on any atom is 0.311 e. The van der Waals surface area contributed by atoms with Crippen LogP contribution in [0.3, 0.4) is 0 Å². The predicted octanol–water partition coefficient (Wildman–Crippen LogP) is 4.02. The van der Waals surface area contributed by atoms with E-state index in [2.05, 4.69) is 24.1 Å². The van der Waals surface area contributed by atoms with Gasteiger partial charge in [0.2, 0.25) is 5.91 Å². The summed E-state index contributed by atoms with van der Waals surface area (Å²) in [4.78, 5) is 28.6. The van der Waals surface area contributed by atoms with Crippen molar-refractivity contribution in [2.75, 3.05) is 25.6 Å². The molecule has 1 aliphatic heterocycles. The number of esters is 1. The van der Waals surface area contributed by atoms with E-state index >= 15 is 0 Å². The molecule has 1 unspecified atom stereocenters. The zero-order valence-electron chi connectivity index (χ0n) is 18.0. The number of rotatable bonds is 9. The van der Waals surface area contributed by atoms with Crippen molar-refractivity contribution in [3.63, 3.8) is 0 Å². The lowest BCUT2D eigenvalue weighted by Gasteiger charge is -2.23. The van der Waals surface area contributed by atoms with Gasteiger partial charge in [-0.2, -0.15) is 0 Å². The van der Waals surface area contributed by atoms with Gasteiger partial charge in [0, 0.05) is 11.8 Å². The monoisotopic (exact) mass is 464 g/mol. The third-order valence-electron chi connectivity index (χ3n) is 4.60. The van der Waals surface area contributed by atoms with E-state index in [4.69, 9.17) is 14.2 Å². The number of nitrogens with zero attached hydrogens (tertiary/aromatic N) is 1. The number of thiazole rings is 1. The van der Waals surface area contributed by atoms with Crippen LogP contribution in [-0.2, 0) is 20.7 Å². The second-order valence-corrected chi connectivity index (χ2v) is 9.50. The van der Waals surface area contributed by atoms with Crippen molar-refractivity contribution in [1.82, 2.24) is 10.3 Å². The Morgan fingerprint density at radius 2 is 2.03 bits per heavy atom. The number of hydrogen-bond acceptors (Lipinski definition) is 8. The fourth-order valence-corrected chi connectivity index (χ4v) is 4.80. The van der Waals surface area contributed by atoms with Gasteiger partial charge in [0.05, 0.1) is 43.7 Å². The first kappa shape index (κ1) is 23.4. The van der Waals surface area contributed by atoms with Gasteiger partial charge in [0.15, 0.2) is 15.8 Å². The van der Waals surface area contributed by atoms with Gasteiger partial charge in [-0.25, -0.2) is 4.98 Å². The number of aromatic nitrogens is 1. The molecule has 2 heterocycles. The van der Waals surface area contributed by atoms with E-state index < -0.39 is 0 Å². The highest BCUT2D eigenvalue weighted by atomic mass is 32.2. The van der Waals surface area contributed by atoms with Gasteiger partial charge in [-0.05, 0) is 30.5 Å². The molecule has 1 N–H and O–H groups in total. The molecule has 0 bridgehead atoms. The number of nitrogens with one attached hydrogen (secondary N) is 1. The van der Waals surface area contributed by atoms with Gasteiger partial charge in [-0.15, -0.1) is 11.3 Å². The minimum absolute atomic E-state index is 0.0713. The summed E-state index contributed by atoms with van der Waals surface area (Å²) in [5.74, 6) is 1.55. The van der Waals surface area contributed by atoms with Crippen LogP contribution >= 0.6 is 23.1 Å². The number of carbonyl (C=O) groups excluding carboxylic acids is 2. The van der Waals surface area contributed by atoms with Crippen LogP contribution in [0.2, 0.25) is 0 Å². The molecular weight excluding hydrogens is 436 g/mol. The molecule has 0 fully saturated rings. The van der Waals surface area contributed by atoms with Gasteiger partial charge in [0.25, 0.3) is 0 Å². The quantitative estimate of drug-likeness (QED) is 0.443. The SMILES string of the molecule is CCOC(=O)Cc1csc(SCC(=O)NC(c2ccc3c(c2)OCCCO3)C(C)C)n1. The van der Waals surface area contributed by atoms with E-state index in [0.717, 1.165) is 27.8 Å². The number of amides is 1. The van der Waals surface area contributed by atoms with E-state index in [1.807, 2.05) is 23.6 Å². The summed E-state index contributed by atoms with van der Waals surface area (Å²) in [5.41, 5.74) is 1.65. The minimum Gasteiger partial charge on any atom is -0.490 e. The van der Waals surface area contributed by atoms with Crippen LogP contribution in [0, 0.1) is 5.92 Å². The van der Waals surface area contributed by atoms with Crippen molar-refractivity contribution in [2.24, 2.45) is 5.92 Å². The molecule has 1 aliphatic rings. The molecule has 1 aromatic heterocycles. The molecule has 31 heavy (non-hydrogen) atoms. The Hall–Kier alpha value is -2.26. The molecule has 0 spiro atoms. The van der Waals surface area contributed by atoms with Gasteiger partial charge in [-0.3, -0.25) is 9.59 Å². The van der Waals surface area contributed by atoms with E-state index in [1.165, 1.54) is 23.1 Å². The van der Waals surface area contributed by atoms with Crippen LogP contribution in [0.15, 0.2) is 27.9 Å². The lowest BCUT2D eigenvalue weighted by atomic mass is 9.95. The summed E-state index contributed by atoms with van der Waals surface area (Å²) in [6, 6.07) is 5.71. The van der Waals surface area contributed by atoms with E-state index in [0.29, 0.717) is 25.5 Å². The molecule has 1 aromatic carbocycles. The highest BCUT2D eigenvalue weighted by Gasteiger charge is 2.21. The average molecular weight is 465 g/mol. The number of hydrogen-bond donors (Lipinski definition) is 1. The van der Waals surface area contributed by atoms with Crippen LogP contribution < -0.4 is 14.8 Å². The maximum absolute atomic E-state index is 12.6. The number of carbonyl (C=O) groups is 2. The Morgan fingerprint density at radius 3 is 2.77 bits per heavy atom. The Kier molecular flexibility index (Phi) is 8.60. The maximum atomic E-state index is 12.6. The first-order valence-electron chi connectivity index (χ1n) is 10.4. The summed E-state index contributed by atoms with van der Waals surface area (Å²) >= 11 is 2.79. The smallest absolute Gasteiger partial charge is 0.311 e. The van der Waals surface area contributed by atoms with Crippen LogP contribution in [0.25, 0.3) is 0 Å². The predicted molar refractivity (Wildman–Crippen MR) is 121 cm³/mol. The minimum atomic E-state index is -0.294. The van der Waals surface area contributed by atoms with Crippen molar-refractivity contribution in [3.05, 3.63) is 34.8 Å². The van der Waals surface area contributed by atoms with E-state index in [1.54, 1.807) is 6.92 Å². The fourth-order valence-electron chi connectivity index (χ4n) is 3.15. The molecular formula is C22H28N2O5S2. The molecule has 2 aromatic rings. The van der Waals surface area contributed by atoms with Crippen molar-refractivity contribution in [1.29, 1.82) is 0 Å². The first-order valence-corrected chi connectivity index (χ1v) is 12.2. The van der Waals surface area contributed by atoms with Crippen LogP contribution in [0.5, 0.6) is 11.5 Å². The highest BCUT2D eigenvalue weighted by molar-refractivity contribution is 8.01. The van der Waals surface area contributed by atoms with E-state index in [9.17, 15) is 9.59 Å². The number of thioether (sulfide) groups is 1. The van der Waals surface area contributed by atoms with Crippen LogP contribution in [0.1, 0.15) is 44.5 Å². The highest BCUT2D eigenvalue weighted by Crippen LogP contribution is 2.34. The normalized spacial score (nSPS) is 14.1. The standard InChI is InChI=1S/C22H28N2O5S2/c1-4-27-20(26)11-16-12-30-22(23-16)31-13-19(25)24-21(14(2)3)15-6-7-17-18(10-15)29-9-5-8-28-17/h6-7,10,12,14,21H,4-5,8-9,11,13H2,1-3H3,(H,24,25). The summed E-state index contributed by atoms with van der Waals surface area (Å²) in [5, 5.41) is 4.95. The van der Waals surface area contributed by atoms with Crippen molar-refractivity contribution in [2.45, 2.75) is 44.0 Å². The number of fused-ring (bicyclic) bond motifs is 1. The summed E-state index contributed by atoms with van der Waals surface area (Å²) in [7, 11) is 0. The lowest BCUT2D eigenvalue weighted by Crippen LogP contribution is -2.33. The largest absolute Gasteiger partial charge is 0.490 e. The summed E-state index contributed by atoms with van der Waals surface area (Å²) < 4.78 is 17.2. The Balaban J connectivity index is 1.57. The Morgan fingerprint density at radius 1 is 1.26 bits per heavy atom. The Bertz CT molecular complexity index is 900. The van der Waals surface area contributed by atoms with Crippen molar-refractivity contribution in [3.8, 4) is 11.5 Å². The lowest BCUT2D eigenvalue weighted by molar-refractivity contribution is -0.142. The first-order chi connectivity index (χ1) is 15.0. The molecule has 1 atom stereocenters. The number of benzene rings is 1. The molecule has 0 saturated heterocycles. The zero-order valence-corrected chi connectivity index (χ0v) is 19.6. The topological polar surface area (TPSA) is 86.8 Å². The fraction of sp³-hybridized carbons (Fsp3) is 0.500. The molecule has 0 saturated carbocycles. The van der Waals surface area contributed by atoms with Gasteiger partial charge >= 0.3 is 5.97 Å². The van der Waals surface area contributed by atoms with E-state index in [-0.39, 0.29) is 36.0 Å². The Labute approximate surface area is 190 Å². The molecule has 3 rings (SSSR count). The van der Waals surface area contributed by atoms with Gasteiger partial charge in [0.1, 0.15) is 0 Å². The summed E-state index contributed by atoms with van der Waals surface area (Å²) in [6.07, 6.45) is 1.00. The molecule has 9 heteroatoms. The zero-order chi connectivity index (χ0) is 22.2. The molecule has 1 amide bonds. The third kappa shape index (κ3) is 6.87. The van der Waals surface area contributed by atoms with Crippen molar-refractivity contribution < 1.29 is 23.8 Å². The molecule has 7 nitrogen and oxygen atoms in total.